The Kier molecular flexibility index (Phi) is 11.3. The fraction of sp³-hybridized carbons (Fsp3) is 0.103. The molecule has 0 spiro atoms. The number of halogens is 1. The van der Waals surface area contributed by atoms with Crippen molar-refractivity contribution in [1.29, 1.82) is 0 Å². The van der Waals surface area contributed by atoms with Gasteiger partial charge in [-0.3, -0.25) is 0 Å². The molecule has 5 rings (SSSR count). The Balaban J connectivity index is 0.000000410. The molecule has 14 heteroatoms. The molecule has 3 nitrogen and oxygen atoms in total. The van der Waals surface area contributed by atoms with Crippen LogP contribution in [0.1, 0.15) is 17.0 Å². The molecule has 2 heterocycles. The maximum absolute atomic E-state index is 5.25. The first kappa shape index (κ1) is 33.4. The monoisotopic (exact) mass is 626 g/mol. The largest absolute Gasteiger partial charge is 0 e. The number of hydrogen-bond donors (Lipinski definition) is 0. The van der Waals surface area contributed by atoms with Crippen molar-refractivity contribution < 1.29 is 0 Å². The van der Waals surface area contributed by atoms with E-state index in [2.05, 4.69) is 137 Å². The van der Waals surface area contributed by atoms with Crippen LogP contribution >= 0.6 is 20.8 Å². The topological polar surface area (TPSA) is 30.7 Å². The van der Waals surface area contributed by atoms with Gasteiger partial charge >= 0.3 is 210 Å². The van der Waals surface area contributed by atoms with E-state index in [1.54, 1.807) is 0 Å². The smallest absolute Gasteiger partial charge is 0 e. The predicted octanol–water partition coefficient (Wildman–Crippen LogP) is 2.80. The molecule has 0 atom stereocenters. The second kappa shape index (κ2) is 14.5. The fourth-order valence-corrected chi connectivity index (χ4v) is 13.0. The van der Waals surface area contributed by atoms with Crippen LogP contribution in [0.5, 0.6) is 0 Å². The summed E-state index contributed by atoms with van der Waals surface area (Å²) in [7, 11) is 27.5. The van der Waals surface area contributed by atoms with Crippen molar-refractivity contribution in [1.82, 2.24) is 14.5 Å². The minimum absolute atomic E-state index is 0.315. The van der Waals surface area contributed by atoms with E-state index in [1.165, 1.54) is 23.0 Å². The van der Waals surface area contributed by atoms with Gasteiger partial charge in [0, 0.05) is 64.9 Å². The summed E-state index contributed by atoms with van der Waals surface area (Å²) in [6, 6.07) is 36.6. The summed E-state index contributed by atoms with van der Waals surface area (Å²) < 4.78 is 2.09. The minimum Gasteiger partial charge on any atom is 0 e. The molecule has 0 unspecified atom stereocenters. The van der Waals surface area contributed by atoms with Gasteiger partial charge in [0.25, 0.3) is 0 Å². The third-order valence-corrected chi connectivity index (χ3v) is 17.2. The zero-order valence-corrected chi connectivity index (χ0v) is 27.0. The van der Waals surface area contributed by atoms with Gasteiger partial charge in [0.15, 0.2) is 0 Å². The number of benzene rings is 3. The molecule has 0 saturated heterocycles. The number of rotatable bonds is 9. The molecule has 3 aromatic carbocycles. The summed E-state index contributed by atoms with van der Waals surface area (Å²) in [5.41, 5.74) is 3.35. The van der Waals surface area contributed by atoms with Crippen LogP contribution in [0, 0.1) is 13.8 Å². The Morgan fingerprint density at radius 3 is 1.35 bits per heavy atom. The molecule has 0 N–H and O–H groups in total. The van der Waals surface area contributed by atoms with E-state index in [0.717, 1.165) is 23.1 Å². The molecular weight excluding hydrogens is 599 g/mol. The zero-order chi connectivity index (χ0) is 31.1. The van der Waals surface area contributed by atoms with Gasteiger partial charge in [-0.25, -0.2) is 0 Å². The summed E-state index contributed by atoms with van der Waals surface area (Å²) in [4.78, 5) is 9.58. The molecular formula is C29H27B9BrN3P. The van der Waals surface area contributed by atoms with Crippen LogP contribution in [-0.2, 0) is 6.16 Å². The molecule has 11 radical (unpaired) electrons. The first-order valence-corrected chi connectivity index (χ1v) is 18.5. The molecule has 0 bridgehead atoms. The molecule has 0 aliphatic rings. The van der Waals surface area contributed by atoms with Crippen molar-refractivity contribution in [3.8, 4) is 5.95 Å². The number of nitrogens with zero attached hydrogens (tertiary/aromatic N) is 3. The van der Waals surface area contributed by atoms with Gasteiger partial charge in [0.2, 0.25) is 0 Å². The number of aromatic nitrogens is 3. The van der Waals surface area contributed by atoms with Crippen molar-refractivity contribution >= 4 is 102 Å². The van der Waals surface area contributed by atoms with Crippen LogP contribution in [-0.4, -0.2) is 79.4 Å². The number of hydrogen-bond acceptors (Lipinski definition) is 2. The average Bonchev–Trinajstić information content (AvgIpc) is 3.36. The molecule has 43 heavy (non-hydrogen) atoms. The van der Waals surface area contributed by atoms with Gasteiger partial charge < -0.3 is 0 Å². The van der Waals surface area contributed by atoms with Crippen LogP contribution in [0.15, 0.2) is 116 Å². The molecule has 0 amide bonds. The Labute approximate surface area is 273 Å². The Hall–Kier alpha value is -2.49. The predicted molar refractivity (Wildman–Crippen MR) is 200 cm³/mol. The van der Waals surface area contributed by atoms with E-state index in [9.17, 15) is 0 Å². The van der Waals surface area contributed by atoms with Gasteiger partial charge in [0.1, 0.15) is 0 Å². The summed E-state index contributed by atoms with van der Waals surface area (Å²) in [6.07, 6.45) is 3.28. The summed E-state index contributed by atoms with van der Waals surface area (Å²) >= 11 is 4.50. The molecule has 0 aliphatic heterocycles. The van der Waals surface area contributed by atoms with E-state index in [-0.39, 0.29) is 6.39 Å². The number of aryl methyl sites for hydroxylation is 2. The second-order valence-corrected chi connectivity index (χ2v) is 19.5. The van der Waals surface area contributed by atoms with Crippen molar-refractivity contribution in [2.24, 2.45) is 0 Å². The molecule has 5 aromatic rings. The van der Waals surface area contributed by atoms with Crippen molar-refractivity contribution in [2.45, 2.75) is 20.0 Å². The summed E-state index contributed by atoms with van der Waals surface area (Å²) in [6.45, 7) is 4.16. The molecule has 0 saturated carbocycles. The van der Waals surface area contributed by atoms with Gasteiger partial charge in [-0.1, -0.05) is 0 Å². The first-order chi connectivity index (χ1) is 20.6. The molecule has 0 fully saturated rings. The normalized spacial score (nSPS) is 11.7. The van der Waals surface area contributed by atoms with Crippen LogP contribution in [0.2, 0.25) is 0 Å². The molecule has 2 aromatic heterocycles. The maximum atomic E-state index is 5.25. The summed E-state index contributed by atoms with van der Waals surface area (Å²) in [5, 5.41) is 0.789. The van der Waals surface area contributed by atoms with E-state index < -0.39 is 18.1 Å². The Morgan fingerprint density at radius 1 is 0.674 bits per heavy atom. The van der Waals surface area contributed by atoms with E-state index in [1.807, 2.05) is 12.4 Å². The van der Waals surface area contributed by atoms with Gasteiger partial charge in [-0.15, -0.1) is 0 Å². The Morgan fingerprint density at radius 2 is 1.05 bits per heavy atom. The standard InChI is InChI=1S/C29H27BrN3P.B9/c1-23-18-19-24(2)33(23)29-31-20-25(21-32-29)22-34(30,26-12-6-3-7-13-26,27-14-8-4-9-15-27)28-16-10-5-11-17-28;1-6-9(7(2)3)8(4)5/h3-21H,22H2,1-2H3;. The van der Waals surface area contributed by atoms with Gasteiger partial charge in [-0.2, -0.15) is 0 Å². The zero-order valence-electron chi connectivity index (χ0n) is 24.5. The first-order valence-electron chi connectivity index (χ1n) is 14.0. The van der Waals surface area contributed by atoms with Gasteiger partial charge in [-0.05, 0) is 0 Å². The van der Waals surface area contributed by atoms with Gasteiger partial charge in [0.05, 0.1) is 0 Å². The Bertz CT molecular complexity index is 1470. The van der Waals surface area contributed by atoms with Crippen molar-refractivity contribution in [3.05, 3.63) is 132 Å². The minimum atomic E-state index is -3.06. The third-order valence-electron chi connectivity index (χ3n) is 7.64. The average molecular weight is 626 g/mol. The molecule has 197 valence electrons. The fourth-order valence-electron chi connectivity index (χ4n) is 5.32. The third kappa shape index (κ3) is 7.10. The van der Waals surface area contributed by atoms with Crippen LogP contribution in [0.3, 0.4) is 0 Å². The maximum Gasteiger partial charge on any atom is 0 e. The van der Waals surface area contributed by atoms with E-state index in [0.29, 0.717) is 5.95 Å². The quantitative estimate of drug-likeness (QED) is 0.187. The van der Waals surface area contributed by atoms with E-state index >= 15 is 0 Å². The van der Waals surface area contributed by atoms with Crippen molar-refractivity contribution in [3.63, 3.8) is 0 Å². The van der Waals surface area contributed by atoms with Crippen LogP contribution in [0.25, 0.3) is 5.95 Å². The van der Waals surface area contributed by atoms with Crippen LogP contribution in [0.4, 0.5) is 0 Å². The SMILES string of the molecule is Cc1ccc(C)n1-c1ncc(CP(Br)(c2ccccc2)(c2ccccc2)c2ccccc2)cn1.[B][B]B(B([B])[B])B([B])[B]. The van der Waals surface area contributed by atoms with Crippen molar-refractivity contribution in [2.75, 3.05) is 0 Å². The van der Waals surface area contributed by atoms with Crippen LogP contribution < -0.4 is 15.9 Å². The van der Waals surface area contributed by atoms with E-state index in [4.69, 9.17) is 48.7 Å². The molecule has 0 aliphatic carbocycles. The second-order valence-electron chi connectivity index (χ2n) is 10.6. The summed E-state index contributed by atoms with van der Waals surface area (Å²) in [5.74, 6) is 0.706.